The maximum absolute atomic E-state index is 11.2. The lowest BCUT2D eigenvalue weighted by Gasteiger charge is -2.38. The van der Waals surface area contributed by atoms with E-state index in [2.05, 4.69) is 18.7 Å². The molecule has 0 saturated carbocycles. The number of aliphatic carboxylic acids is 1. The topological polar surface area (TPSA) is 40.5 Å². The maximum Gasteiger partial charge on any atom is 0.307 e. The summed E-state index contributed by atoms with van der Waals surface area (Å²) >= 11 is 12.0. The zero-order valence-electron chi connectivity index (χ0n) is 11.6. The monoisotopic (exact) mass is 315 g/mol. The minimum Gasteiger partial charge on any atom is -0.481 e. The van der Waals surface area contributed by atoms with Crippen molar-refractivity contribution >= 4 is 29.2 Å². The third-order valence-corrected chi connectivity index (χ3v) is 4.75. The van der Waals surface area contributed by atoms with Crippen LogP contribution in [0.25, 0.3) is 0 Å². The van der Waals surface area contributed by atoms with Crippen LogP contribution in [0.4, 0.5) is 0 Å². The highest BCUT2D eigenvalue weighted by atomic mass is 35.5. The molecule has 1 aliphatic heterocycles. The van der Waals surface area contributed by atoms with Gasteiger partial charge in [-0.1, -0.05) is 36.2 Å². The molecule has 3 nitrogen and oxygen atoms in total. The normalized spacial score (nSPS) is 25.4. The van der Waals surface area contributed by atoms with E-state index in [1.807, 2.05) is 12.1 Å². The van der Waals surface area contributed by atoms with Gasteiger partial charge in [-0.2, -0.15) is 0 Å². The molecule has 1 N–H and O–H groups in total. The predicted molar refractivity (Wildman–Crippen MR) is 81.4 cm³/mol. The molecular formula is C15H19Cl2NO2. The van der Waals surface area contributed by atoms with Gasteiger partial charge in [0.2, 0.25) is 0 Å². The van der Waals surface area contributed by atoms with Crippen molar-refractivity contribution in [3.05, 3.63) is 33.8 Å². The summed E-state index contributed by atoms with van der Waals surface area (Å²) in [6.07, 6.45) is 0.750. The Bertz CT molecular complexity index is 507. The molecule has 0 bridgehead atoms. The van der Waals surface area contributed by atoms with Crippen LogP contribution in [0.1, 0.15) is 31.9 Å². The Kier molecular flexibility index (Phi) is 4.95. The van der Waals surface area contributed by atoms with Gasteiger partial charge in [-0.3, -0.25) is 9.69 Å². The molecule has 0 amide bonds. The number of piperidine rings is 1. The fraction of sp³-hybridized carbons (Fsp3) is 0.533. The summed E-state index contributed by atoms with van der Waals surface area (Å²) in [4.78, 5) is 13.5. The molecule has 0 radical (unpaired) electrons. The molecule has 3 unspecified atom stereocenters. The largest absolute Gasteiger partial charge is 0.481 e. The predicted octanol–water partition coefficient (Wildman–Crippen LogP) is 4.10. The van der Waals surface area contributed by atoms with Crippen molar-refractivity contribution in [2.75, 3.05) is 13.1 Å². The van der Waals surface area contributed by atoms with Gasteiger partial charge in [0.05, 0.1) is 16.0 Å². The van der Waals surface area contributed by atoms with Crippen LogP contribution in [-0.2, 0) is 4.79 Å². The first-order valence-corrected chi connectivity index (χ1v) is 7.56. The number of nitrogens with zero attached hydrogens (tertiary/aromatic N) is 1. The van der Waals surface area contributed by atoms with Gasteiger partial charge < -0.3 is 5.11 Å². The summed E-state index contributed by atoms with van der Waals surface area (Å²) in [5, 5.41) is 10.3. The maximum atomic E-state index is 11.2. The molecule has 0 spiro atoms. The first-order valence-electron chi connectivity index (χ1n) is 6.80. The molecule has 1 saturated heterocycles. The van der Waals surface area contributed by atoms with E-state index >= 15 is 0 Å². The number of carboxylic acids is 1. The second-order valence-electron chi connectivity index (χ2n) is 5.68. The summed E-state index contributed by atoms with van der Waals surface area (Å²) in [5.74, 6) is -0.609. The van der Waals surface area contributed by atoms with Gasteiger partial charge in [-0.05, 0) is 37.0 Å². The molecule has 3 atom stereocenters. The van der Waals surface area contributed by atoms with Gasteiger partial charge in [0.15, 0.2) is 0 Å². The summed E-state index contributed by atoms with van der Waals surface area (Å²) in [6.45, 7) is 5.67. The van der Waals surface area contributed by atoms with E-state index in [4.69, 9.17) is 23.2 Å². The van der Waals surface area contributed by atoms with Gasteiger partial charge in [-0.15, -0.1) is 0 Å². The third-order valence-electron chi connectivity index (χ3n) is 4.01. The molecule has 1 aliphatic rings. The Morgan fingerprint density at radius 2 is 2.05 bits per heavy atom. The van der Waals surface area contributed by atoms with Crippen molar-refractivity contribution in [1.82, 2.24) is 4.90 Å². The Hall–Kier alpha value is -0.770. The lowest BCUT2D eigenvalue weighted by atomic mass is 9.89. The number of carbonyl (C=O) groups is 1. The Morgan fingerprint density at radius 1 is 1.35 bits per heavy atom. The van der Waals surface area contributed by atoms with Gasteiger partial charge in [0.1, 0.15) is 0 Å². The molecule has 1 heterocycles. The number of hydrogen-bond acceptors (Lipinski definition) is 2. The van der Waals surface area contributed by atoms with Crippen LogP contribution < -0.4 is 0 Å². The summed E-state index contributed by atoms with van der Waals surface area (Å²) < 4.78 is 0. The van der Waals surface area contributed by atoms with Gasteiger partial charge in [0, 0.05) is 19.1 Å². The fourth-order valence-corrected chi connectivity index (χ4v) is 3.18. The second-order valence-corrected chi connectivity index (χ2v) is 6.49. The fourth-order valence-electron chi connectivity index (χ4n) is 2.87. The molecule has 0 aliphatic carbocycles. The standard InChI is InChI=1S/C15H19Cl2NO2/c1-9-5-12(15(19)20)8-18(7-9)10(2)11-3-4-13(16)14(17)6-11/h3-4,6,9-10,12H,5,7-8H2,1-2H3,(H,19,20). The average Bonchev–Trinajstić information content (AvgIpc) is 2.40. The van der Waals surface area contributed by atoms with E-state index in [-0.39, 0.29) is 12.0 Å². The van der Waals surface area contributed by atoms with E-state index in [9.17, 15) is 9.90 Å². The molecule has 1 aromatic carbocycles. The van der Waals surface area contributed by atoms with Crippen molar-refractivity contribution in [2.45, 2.75) is 26.3 Å². The first-order chi connectivity index (χ1) is 9.38. The van der Waals surface area contributed by atoms with E-state index < -0.39 is 5.97 Å². The molecule has 0 aromatic heterocycles. The van der Waals surface area contributed by atoms with Crippen LogP contribution in [0.2, 0.25) is 10.0 Å². The van der Waals surface area contributed by atoms with Crippen LogP contribution in [0.5, 0.6) is 0 Å². The minimum absolute atomic E-state index is 0.134. The molecule has 2 rings (SSSR count). The number of likely N-dealkylation sites (tertiary alicyclic amines) is 1. The summed E-state index contributed by atoms with van der Waals surface area (Å²) in [5.41, 5.74) is 1.07. The lowest BCUT2D eigenvalue weighted by Crippen LogP contribution is -2.43. The summed E-state index contributed by atoms with van der Waals surface area (Å²) in [6, 6.07) is 5.74. The molecule has 110 valence electrons. The van der Waals surface area contributed by atoms with Crippen LogP contribution in [0.3, 0.4) is 0 Å². The lowest BCUT2D eigenvalue weighted by molar-refractivity contribution is -0.144. The molecular weight excluding hydrogens is 297 g/mol. The van der Waals surface area contributed by atoms with Crippen LogP contribution in [0.15, 0.2) is 18.2 Å². The van der Waals surface area contributed by atoms with E-state index in [0.29, 0.717) is 22.5 Å². The number of rotatable bonds is 3. The highest BCUT2D eigenvalue weighted by Crippen LogP contribution is 2.32. The third kappa shape index (κ3) is 3.46. The van der Waals surface area contributed by atoms with Gasteiger partial charge in [-0.25, -0.2) is 0 Å². The van der Waals surface area contributed by atoms with Crippen LogP contribution in [0, 0.1) is 11.8 Å². The highest BCUT2D eigenvalue weighted by Gasteiger charge is 2.32. The summed E-state index contributed by atoms with van der Waals surface area (Å²) in [7, 11) is 0. The number of hydrogen-bond donors (Lipinski definition) is 1. The molecule has 5 heteroatoms. The average molecular weight is 316 g/mol. The van der Waals surface area contributed by atoms with Crippen molar-refractivity contribution in [1.29, 1.82) is 0 Å². The van der Waals surface area contributed by atoms with E-state index in [1.54, 1.807) is 6.07 Å². The minimum atomic E-state index is -0.706. The second kappa shape index (κ2) is 6.33. The number of benzene rings is 1. The zero-order valence-corrected chi connectivity index (χ0v) is 13.2. The SMILES string of the molecule is CC1CC(C(=O)O)CN(C(C)c2ccc(Cl)c(Cl)c2)C1. The number of carboxylic acid groups (broad SMARTS) is 1. The van der Waals surface area contributed by atoms with Crippen LogP contribution >= 0.6 is 23.2 Å². The molecule has 20 heavy (non-hydrogen) atoms. The first kappa shape index (κ1) is 15.6. The zero-order chi connectivity index (χ0) is 14.9. The molecule has 1 fully saturated rings. The molecule has 1 aromatic rings. The number of halogens is 2. The van der Waals surface area contributed by atoms with Crippen molar-refractivity contribution in [3.63, 3.8) is 0 Å². The smallest absolute Gasteiger partial charge is 0.307 e. The Balaban J connectivity index is 2.16. The Morgan fingerprint density at radius 3 is 2.65 bits per heavy atom. The van der Waals surface area contributed by atoms with Gasteiger partial charge in [0.25, 0.3) is 0 Å². The van der Waals surface area contributed by atoms with Crippen molar-refractivity contribution < 1.29 is 9.90 Å². The highest BCUT2D eigenvalue weighted by molar-refractivity contribution is 6.42. The quantitative estimate of drug-likeness (QED) is 0.913. The van der Waals surface area contributed by atoms with Crippen molar-refractivity contribution in [3.8, 4) is 0 Å². The van der Waals surface area contributed by atoms with E-state index in [0.717, 1.165) is 18.5 Å². The van der Waals surface area contributed by atoms with Crippen molar-refractivity contribution in [2.24, 2.45) is 11.8 Å². The van der Waals surface area contributed by atoms with Crippen LogP contribution in [-0.4, -0.2) is 29.1 Å². The van der Waals surface area contributed by atoms with Gasteiger partial charge >= 0.3 is 5.97 Å². The Labute approximate surface area is 129 Å². The van der Waals surface area contributed by atoms with E-state index in [1.165, 1.54) is 0 Å².